The van der Waals surface area contributed by atoms with Gasteiger partial charge < -0.3 is 5.32 Å². The summed E-state index contributed by atoms with van der Waals surface area (Å²) in [6.45, 7) is 1.93. The summed E-state index contributed by atoms with van der Waals surface area (Å²) in [7, 11) is 0. The Kier molecular flexibility index (Phi) is 11.1. The van der Waals surface area contributed by atoms with E-state index in [1.807, 2.05) is 42.5 Å². The number of carbonyl (C=O) groups excluding carboxylic acids is 3. The summed E-state index contributed by atoms with van der Waals surface area (Å²) in [5.74, 6) is -0.0508. The summed E-state index contributed by atoms with van der Waals surface area (Å²) < 4.78 is 8.37. The van der Waals surface area contributed by atoms with Crippen LogP contribution >= 0.6 is 20.1 Å². The minimum absolute atomic E-state index is 0.0508. The number of hydrogen-bond donors (Lipinski definition) is 2. The van der Waals surface area contributed by atoms with Crippen LogP contribution in [0.2, 0.25) is 0 Å². The number of hydrogen-bond acceptors (Lipinski definition) is 5. The Balaban J connectivity index is 1.34. The molecule has 40 heavy (non-hydrogen) atoms. The fourth-order valence-corrected chi connectivity index (χ4v) is 7.32. The third-order valence-electron chi connectivity index (χ3n) is 6.94. The predicted molar refractivity (Wildman–Crippen MR) is 170 cm³/mol. The first-order valence-corrected chi connectivity index (χ1v) is 19.0. The van der Waals surface area contributed by atoms with Crippen LogP contribution in [0.25, 0.3) is 11.1 Å². The molecule has 3 aromatic carbocycles. The number of ether oxygens (including phenoxy) is 1. The number of halogens is 1. The van der Waals surface area contributed by atoms with E-state index in [0.29, 0.717) is 17.7 Å². The zero-order valence-electron chi connectivity index (χ0n) is 23.2. The van der Waals surface area contributed by atoms with Crippen molar-refractivity contribution in [2.75, 3.05) is 33.6 Å². The molecule has 212 valence electrons. The maximum absolute atomic E-state index is 13.0. The molecule has 1 saturated heterocycles. The number of nitrogens with one attached hydrogen (secondary N) is 2. The molecule has 1 heterocycles. The SMILES string of the molecule is CI(C)N1CCCC(OC(=O)Nc2cc(CCCCC(=O)Nc3ccc(C=O)cc3)ccc2-c2ccccc2)C1. The van der Waals surface area contributed by atoms with Gasteiger partial charge in [0.05, 0.1) is 0 Å². The Morgan fingerprint density at radius 1 is 1.00 bits per heavy atom. The molecule has 1 aliphatic heterocycles. The Morgan fingerprint density at radius 3 is 2.50 bits per heavy atom. The molecule has 3 aromatic rings. The normalized spacial score (nSPS) is 15.7. The Bertz CT molecular complexity index is 1280. The van der Waals surface area contributed by atoms with E-state index in [9.17, 15) is 14.4 Å². The number of anilines is 2. The van der Waals surface area contributed by atoms with Gasteiger partial charge >= 0.3 is 176 Å². The topological polar surface area (TPSA) is 87.7 Å². The number of rotatable bonds is 11. The van der Waals surface area contributed by atoms with Gasteiger partial charge in [0.1, 0.15) is 6.29 Å². The molecule has 7 nitrogen and oxygen atoms in total. The van der Waals surface area contributed by atoms with Crippen LogP contribution in [0.5, 0.6) is 0 Å². The van der Waals surface area contributed by atoms with Crippen LogP contribution in [0.4, 0.5) is 16.2 Å². The molecule has 0 spiro atoms. The van der Waals surface area contributed by atoms with Gasteiger partial charge in [0, 0.05) is 17.7 Å². The van der Waals surface area contributed by atoms with Crippen molar-refractivity contribution >= 4 is 49.8 Å². The molecule has 0 saturated carbocycles. The quantitative estimate of drug-likeness (QED) is 0.0750. The van der Waals surface area contributed by atoms with E-state index in [4.69, 9.17) is 4.74 Å². The molecule has 2 amide bonds. The summed E-state index contributed by atoms with van der Waals surface area (Å²) >= 11 is -1.09. The zero-order valence-corrected chi connectivity index (χ0v) is 25.4. The van der Waals surface area contributed by atoms with Gasteiger partial charge in [-0.1, -0.05) is 0 Å². The summed E-state index contributed by atoms with van der Waals surface area (Å²) in [5, 5.41) is 5.91. The molecule has 2 N–H and O–H groups in total. The zero-order chi connectivity index (χ0) is 28.3. The average molecular weight is 656 g/mol. The number of aryl methyl sites for hydroxylation is 1. The van der Waals surface area contributed by atoms with E-state index >= 15 is 0 Å². The molecule has 1 aliphatic rings. The van der Waals surface area contributed by atoms with Crippen LogP contribution in [-0.2, 0) is 16.0 Å². The van der Waals surface area contributed by atoms with Gasteiger partial charge in [-0.3, -0.25) is 9.59 Å². The predicted octanol–water partition coefficient (Wildman–Crippen LogP) is 7.21. The van der Waals surface area contributed by atoms with Gasteiger partial charge in [0.15, 0.2) is 0 Å². The van der Waals surface area contributed by atoms with Crippen LogP contribution < -0.4 is 10.6 Å². The van der Waals surface area contributed by atoms with E-state index in [2.05, 4.69) is 29.7 Å². The van der Waals surface area contributed by atoms with Crippen molar-refractivity contribution < 1.29 is 19.1 Å². The van der Waals surface area contributed by atoms with E-state index in [0.717, 1.165) is 73.9 Å². The van der Waals surface area contributed by atoms with Gasteiger partial charge in [0.25, 0.3) is 0 Å². The van der Waals surface area contributed by atoms with Crippen molar-refractivity contribution in [3.8, 4) is 11.1 Å². The van der Waals surface area contributed by atoms with Crippen molar-refractivity contribution in [3.05, 3.63) is 83.9 Å². The van der Waals surface area contributed by atoms with Gasteiger partial charge in [-0.15, -0.1) is 0 Å². The first-order valence-electron chi connectivity index (χ1n) is 13.7. The third kappa shape index (κ3) is 8.89. The number of piperidine rings is 1. The molecular formula is C32H38IN3O4. The van der Waals surface area contributed by atoms with E-state index < -0.39 is 26.2 Å². The molecule has 0 aromatic heterocycles. The van der Waals surface area contributed by atoms with Gasteiger partial charge in [-0.05, 0) is 24.3 Å². The second-order valence-corrected chi connectivity index (χ2v) is 15.6. The van der Waals surface area contributed by atoms with Crippen molar-refractivity contribution in [2.24, 2.45) is 0 Å². The molecule has 4 rings (SSSR count). The van der Waals surface area contributed by atoms with E-state index in [1.165, 1.54) is 0 Å². The molecule has 1 atom stereocenters. The minimum atomic E-state index is -1.09. The van der Waals surface area contributed by atoms with Crippen LogP contribution in [0.1, 0.15) is 48.0 Å². The summed E-state index contributed by atoms with van der Waals surface area (Å²) in [6, 6.07) is 23.0. The Labute approximate surface area is 244 Å². The second kappa shape index (κ2) is 14.9. The molecule has 8 heteroatoms. The number of nitrogens with zero attached hydrogens (tertiary/aromatic N) is 1. The second-order valence-electron chi connectivity index (χ2n) is 10.1. The number of carbonyl (C=O) groups is 3. The van der Waals surface area contributed by atoms with Gasteiger partial charge in [-0.25, -0.2) is 0 Å². The van der Waals surface area contributed by atoms with Crippen molar-refractivity contribution in [1.29, 1.82) is 0 Å². The summed E-state index contributed by atoms with van der Waals surface area (Å²) in [4.78, 5) is 40.7. The van der Waals surface area contributed by atoms with Gasteiger partial charge in [-0.2, -0.15) is 0 Å². The maximum atomic E-state index is 13.0. The van der Waals surface area contributed by atoms with Crippen LogP contribution in [0.15, 0.2) is 72.8 Å². The molecule has 0 bridgehead atoms. The van der Waals surface area contributed by atoms with Crippen LogP contribution in [0, 0.1) is 0 Å². The molecule has 0 aliphatic carbocycles. The number of benzene rings is 3. The monoisotopic (exact) mass is 655 g/mol. The molecule has 1 fully saturated rings. The number of unbranched alkanes of at least 4 members (excludes halogenated alkanes) is 1. The number of aldehydes is 1. The third-order valence-corrected chi connectivity index (χ3v) is 10.5. The number of amides is 2. The van der Waals surface area contributed by atoms with Crippen molar-refractivity contribution in [3.63, 3.8) is 0 Å². The molecule has 0 radical (unpaired) electrons. The summed E-state index contributed by atoms with van der Waals surface area (Å²) in [5.41, 5.74) is 5.06. The fourth-order valence-electron chi connectivity index (χ4n) is 4.79. The van der Waals surface area contributed by atoms with Crippen LogP contribution in [0.3, 0.4) is 0 Å². The molecular weight excluding hydrogens is 617 g/mol. The van der Waals surface area contributed by atoms with Crippen molar-refractivity contribution in [1.82, 2.24) is 3.11 Å². The average Bonchev–Trinajstić information content (AvgIpc) is 2.96. The Hall–Kier alpha value is -3.24. The van der Waals surface area contributed by atoms with Gasteiger partial charge in [0.2, 0.25) is 5.91 Å². The van der Waals surface area contributed by atoms with E-state index in [1.54, 1.807) is 24.3 Å². The first kappa shape index (κ1) is 29.7. The molecule has 1 unspecified atom stereocenters. The Morgan fingerprint density at radius 2 is 1.77 bits per heavy atom. The number of alkyl halides is 2. The van der Waals surface area contributed by atoms with E-state index in [-0.39, 0.29) is 12.0 Å². The van der Waals surface area contributed by atoms with Crippen molar-refractivity contribution in [2.45, 2.75) is 44.6 Å². The van der Waals surface area contributed by atoms with Crippen LogP contribution in [-0.4, -0.2) is 50.5 Å². The fraction of sp³-hybridized carbons (Fsp3) is 0.344. The standard InChI is InChI=1S/C32H38IN3O4/c1-33(2)36-20-8-12-28(22-36)40-32(39)35-30-21-24(16-19-29(30)26-10-4-3-5-11-26)9-6-7-13-31(38)34-27-17-14-25(23-37)15-18-27/h3-5,10-11,14-19,21,23,28H,6-9,12-13,20,22H2,1-2H3,(H,34,38)(H,35,39). The first-order chi connectivity index (χ1) is 19.4. The summed E-state index contributed by atoms with van der Waals surface area (Å²) in [6.07, 6.45) is 5.02.